The number of thiophene rings is 1. The Bertz CT molecular complexity index is 1360. The van der Waals surface area contributed by atoms with Crippen LogP contribution in [0.2, 0.25) is 0 Å². The van der Waals surface area contributed by atoms with E-state index in [9.17, 15) is 14.4 Å². The van der Waals surface area contributed by atoms with Gasteiger partial charge in [0.1, 0.15) is 5.75 Å². The average Bonchev–Trinajstić information content (AvgIpc) is 3.67. The van der Waals surface area contributed by atoms with Gasteiger partial charge in [0.05, 0.1) is 0 Å². The third kappa shape index (κ3) is 4.10. The van der Waals surface area contributed by atoms with Crippen LogP contribution in [0.4, 0.5) is 8.63 Å². The summed E-state index contributed by atoms with van der Waals surface area (Å²) in [6.45, 7) is -4.60. The van der Waals surface area contributed by atoms with Crippen molar-refractivity contribution in [2.75, 3.05) is 6.61 Å². The Labute approximate surface area is 215 Å². The molecule has 4 aliphatic heterocycles. The number of hydroxylamine groups is 2. The van der Waals surface area contributed by atoms with Crippen molar-refractivity contribution in [3.05, 3.63) is 82.2 Å². The van der Waals surface area contributed by atoms with Crippen molar-refractivity contribution in [1.82, 2.24) is 9.87 Å². The van der Waals surface area contributed by atoms with E-state index in [-0.39, 0.29) is 18.9 Å². The van der Waals surface area contributed by atoms with Gasteiger partial charge in [0.15, 0.2) is 18.0 Å². The minimum absolute atomic E-state index is 0.00174. The van der Waals surface area contributed by atoms with Gasteiger partial charge < -0.3 is 27.5 Å². The molecule has 0 spiro atoms. The van der Waals surface area contributed by atoms with Crippen molar-refractivity contribution >= 4 is 41.8 Å². The van der Waals surface area contributed by atoms with Crippen molar-refractivity contribution in [2.45, 2.75) is 31.7 Å². The summed E-state index contributed by atoms with van der Waals surface area (Å²) in [6.07, 6.45) is 6.49. The molecule has 8 nitrogen and oxygen atoms in total. The zero-order valence-corrected chi connectivity index (χ0v) is 20.3. The smallest absolute Gasteiger partial charge is 0.482 e. The van der Waals surface area contributed by atoms with Crippen molar-refractivity contribution < 1.29 is 37.1 Å². The van der Waals surface area contributed by atoms with Crippen LogP contribution in [0.15, 0.2) is 65.7 Å². The normalized spacial score (nSPS) is 22.9. The Morgan fingerprint density at radius 3 is 2.54 bits per heavy atom. The fourth-order valence-corrected chi connectivity index (χ4v) is 6.04. The first-order valence-corrected chi connectivity index (χ1v) is 12.8. The number of carbonyl (C=O) groups excluding carboxylic acids is 3. The van der Waals surface area contributed by atoms with Crippen LogP contribution < -0.4 is 4.74 Å². The third-order valence-corrected chi connectivity index (χ3v) is 7.80. The second-order valence-corrected chi connectivity index (χ2v) is 10.1. The summed E-state index contributed by atoms with van der Waals surface area (Å²) in [5.74, 6) is -1.74. The molecule has 2 aromatic rings. The zero-order valence-electron chi connectivity index (χ0n) is 19.5. The van der Waals surface area contributed by atoms with Crippen LogP contribution in [0, 0.1) is 6.04 Å². The van der Waals surface area contributed by atoms with Crippen LogP contribution in [0.3, 0.4) is 0 Å². The Hall–Kier alpha value is -3.64. The van der Waals surface area contributed by atoms with Crippen molar-refractivity contribution in [2.24, 2.45) is 0 Å². The molecule has 2 amide bonds. The molecular weight excluding hydrogens is 503 g/mol. The number of imide groups is 1. The summed E-state index contributed by atoms with van der Waals surface area (Å²) in [7, 11) is 0. The standard InChI is InChI=1S/C25H21BF2N3O5S/c27-26(28)29-17(14-18-6-10-21(30(18)26)22-2-1-13-37-22)5-9-20(29)16-3-7-19(8-4-16)35-15-25(34)36-31-23(32)11-12-24(31)33/h1-5,7-9,13-14,21H,6,10-12,15H2. The molecule has 6 rings (SSSR count). The minimum Gasteiger partial charge on any atom is -0.482 e. The maximum Gasteiger partial charge on any atom is 0.704 e. The van der Waals surface area contributed by atoms with Gasteiger partial charge in [-0.3, -0.25) is 9.59 Å². The number of fused-ring (bicyclic) bond motifs is 2. The molecule has 4 aliphatic rings. The predicted octanol–water partition coefficient (Wildman–Crippen LogP) is 3.75. The quantitative estimate of drug-likeness (QED) is 0.423. The van der Waals surface area contributed by atoms with Crippen LogP contribution in [-0.2, 0) is 19.2 Å². The third-order valence-electron chi connectivity index (χ3n) is 6.83. The molecule has 1 aromatic carbocycles. The van der Waals surface area contributed by atoms with Gasteiger partial charge in [-0.2, -0.15) is 0 Å². The summed E-state index contributed by atoms with van der Waals surface area (Å²) in [5.41, 5.74) is 1.41. The number of benzene rings is 1. The second-order valence-electron chi connectivity index (χ2n) is 9.07. The molecule has 0 N–H and O–H groups in total. The van der Waals surface area contributed by atoms with Gasteiger partial charge in [0, 0.05) is 53.6 Å². The van der Waals surface area contributed by atoms with Gasteiger partial charge in [-0.15, -0.1) is 16.4 Å². The topological polar surface area (TPSA) is 79.2 Å². The fraction of sp³-hybridized carbons (Fsp3) is 0.240. The molecular formula is C25H21BF2N3O5S. The molecule has 12 heteroatoms. The molecule has 0 bridgehead atoms. The number of ether oxygens (including phenoxy) is 1. The number of halogens is 2. The average molecular weight is 524 g/mol. The number of amides is 2. The van der Waals surface area contributed by atoms with Crippen LogP contribution in [0.5, 0.6) is 5.75 Å². The number of allylic oxidation sites excluding steroid dienone is 2. The minimum atomic E-state index is -4.07. The number of nitrogens with zero attached hydrogens (tertiary/aromatic N) is 3. The van der Waals surface area contributed by atoms with E-state index in [1.54, 1.807) is 36.4 Å². The molecule has 2 fully saturated rings. The molecule has 37 heavy (non-hydrogen) atoms. The van der Waals surface area contributed by atoms with E-state index in [1.165, 1.54) is 16.1 Å². The molecule has 1 radical (unpaired) electrons. The maximum absolute atomic E-state index is 16.1. The number of carbonyl (C=O) groups is 3. The van der Waals surface area contributed by atoms with E-state index >= 15 is 8.63 Å². The van der Waals surface area contributed by atoms with E-state index in [2.05, 4.69) is 0 Å². The lowest BCUT2D eigenvalue weighted by molar-refractivity contribution is -0.374. The molecule has 1 aromatic heterocycles. The molecule has 0 saturated carbocycles. The van der Waals surface area contributed by atoms with E-state index in [1.807, 2.05) is 23.6 Å². The number of hydrogen-bond acceptors (Lipinski definition) is 7. The first-order valence-electron chi connectivity index (χ1n) is 11.9. The van der Waals surface area contributed by atoms with E-state index in [0.29, 0.717) is 46.7 Å². The van der Waals surface area contributed by atoms with Crippen molar-refractivity contribution in [3.8, 4) is 5.75 Å². The first kappa shape index (κ1) is 23.7. The van der Waals surface area contributed by atoms with E-state index in [0.717, 1.165) is 9.36 Å². The predicted molar refractivity (Wildman–Crippen MR) is 130 cm³/mol. The lowest BCUT2D eigenvalue weighted by Crippen LogP contribution is -2.58. The van der Waals surface area contributed by atoms with Crippen molar-refractivity contribution in [1.29, 1.82) is 0 Å². The molecule has 1 atom stereocenters. The SMILES string of the molecule is O=C(COc1ccc(C2=[N+]3C(=C[C]4CCC(c5cccs5)N4[B-]3(F)F)C=C2)cc1)ON1C(=O)CCC1=O. The van der Waals surface area contributed by atoms with Crippen LogP contribution in [0.25, 0.3) is 0 Å². The summed E-state index contributed by atoms with van der Waals surface area (Å²) in [5, 5.41) is 2.36. The highest BCUT2D eigenvalue weighted by atomic mass is 32.1. The fourth-order valence-electron chi connectivity index (χ4n) is 5.18. The van der Waals surface area contributed by atoms with E-state index < -0.39 is 31.4 Å². The van der Waals surface area contributed by atoms with Gasteiger partial charge in [-0.05, 0) is 48.6 Å². The lowest BCUT2D eigenvalue weighted by atomic mass is 9.84. The highest BCUT2D eigenvalue weighted by Gasteiger charge is 2.60. The summed E-state index contributed by atoms with van der Waals surface area (Å²) >= 11 is 1.49. The molecule has 5 heterocycles. The molecule has 2 saturated heterocycles. The number of rotatable bonds is 6. The summed E-state index contributed by atoms with van der Waals surface area (Å²) in [6, 6.07) is 10.5. The van der Waals surface area contributed by atoms with Gasteiger partial charge >= 0.3 is 12.9 Å². The van der Waals surface area contributed by atoms with E-state index in [4.69, 9.17) is 9.57 Å². The number of hydrogen-bond donors (Lipinski definition) is 0. The zero-order chi connectivity index (χ0) is 25.7. The Balaban J connectivity index is 1.19. The first-order chi connectivity index (χ1) is 17.8. The van der Waals surface area contributed by atoms with Gasteiger partial charge in [0.25, 0.3) is 11.8 Å². The highest BCUT2D eigenvalue weighted by molar-refractivity contribution is 7.10. The largest absolute Gasteiger partial charge is 0.704 e. The Kier molecular flexibility index (Phi) is 5.80. The van der Waals surface area contributed by atoms with Gasteiger partial charge in [0.2, 0.25) is 0 Å². The van der Waals surface area contributed by atoms with Crippen LogP contribution >= 0.6 is 11.3 Å². The Morgan fingerprint density at radius 2 is 1.84 bits per heavy atom. The summed E-state index contributed by atoms with van der Waals surface area (Å²) in [4.78, 5) is 42.1. The van der Waals surface area contributed by atoms with Crippen molar-refractivity contribution in [3.63, 3.8) is 0 Å². The van der Waals surface area contributed by atoms with Gasteiger partial charge in [-0.1, -0.05) is 6.07 Å². The molecule has 0 aliphatic carbocycles. The Morgan fingerprint density at radius 1 is 1.08 bits per heavy atom. The second kappa shape index (κ2) is 9.03. The monoisotopic (exact) mass is 524 g/mol. The molecule has 1 unspecified atom stereocenters. The van der Waals surface area contributed by atoms with Gasteiger partial charge in [-0.25, -0.2) is 4.79 Å². The maximum atomic E-state index is 16.1. The molecule has 189 valence electrons. The van der Waals surface area contributed by atoms with Crippen LogP contribution in [-0.4, -0.2) is 51.4 Å². The lowest BCUT2D eigenvalue weighted by Gasteiger charge is -2.41. The highest BCUT2D eigenvalue weighted by Crippen LogP contribution is 2.50. The summed E-state index contributed by atoms with van der Waals surface area (Å²) < 4.78 is 38.7. The van der Waals surface area contributed by atoms with Crippen LogP contribution in [0.1, 0.15) is 42.2 Å².